The minimum Gasteiger partial charge on any atom is -0.355 e. The van der Waals surface area contributed by atoms with E-state index in [1.807, 2.05) is 12.1 Å². The number of para-hydroxylation sites is 1. The van der Waals surface area contributed by atoms with Gasteiger partial charge in [0.2, 0.25) is 15.9 Å². The van der Waals surface area contributed by atoms with E-state index in [1.54, 1.807) is 24.4 Å². The average Bonchev–Trinajstić information content (AvgIpc) is 3.11. The van der Waals surface area contributed by atoms with Gasteiger partial charge in [-0.15, -0.1) is 0 Å². The lowest BCUT2D eigenvalue weighted by Crippen LogP contribution is -2.39. The average molecular weight is 473 g/mol. The highest BCUT2D eigenvalue weighted by molar-refractivity contribution is 7.89. The zero-order valence-electron chi connectivity index (χ0n) is 19.3. The first-order valence-electron chi connectivity index (χ1n) is 12.4. The molecule has 2 heterocycles. The van der Waals surface area contributed by atoms with Crippen molar-refractivity contribution in [2.45, 2.75) is 56.3 Å². The number of nitrogens with one attached hydrogen (secondary N) is 2. The van der Waals surface area contributed by atoms with Crippen LogP contribution in [0.25, 0.3) is 10.9 Å². The first kappa shape index (κ1) is 24.1. The van der Waals surface area contributed by atoms with E-state index in [0.717, 1.165) is 57.2 Å². The van der Waals surface area contributed by atoms with Crippen molar-refractivity contribution < 1.29 is 13.2 Å². The number of hydrogen-bond acceptors (Lipinski definition) is 5. The standard InChI is InChI=1S/C25H36N4O3S/c30-25(27-15-18-29-16-3-1-2-4-17-29)22-12-10-20(11-13-22)19-28-33(31,32)23-9-5-7-21-8-6-14-26-24(21)23/h5-9,14,20,22,28H,1-4,10-13,15-19H2,(H,27,30). The summed E-state index contributed by atoms with van der Waals surface area (Å²) in [5.74, 6) is 0.457. The molecule has 1 aliphatic heterocycles. The Morgan fingerprint density at radius 1 is 1.00 bits per heavy atom. The highest BCUT2D eigenvalue weighted by Gasteiger charge is 2.27. The van der Waals surface area contributed by atoms with Gasteiger partial charge in [-0.25, -0.2) is 13.1 Å². The molecule has 0 atom stereocenters. The summed E-state index contributed by atoms with van der Waals surface area (Å²) in [6, 6.07) is 8.87. The van der Waals surface area contributed by atoms with E-state index in [4.69, 9.17) is 0 Å². The zero-order valence-corrected chi connectivity index (χ0v) is 20.2. The van der Waals surface area contributed by atoms with Crippen molar-refractivity contribution in [1.82, 2.24) is 19.9 Å². The van der Waals surface area contributed by atoms with Crippen LogP contribution in [0.15, 0.2) is 41.4 Å². The molecule has 2 aliphatic rings. The lowest BCUT2D eigenvalue weighted by molar-refractivity contribution is -0.126. The Labute approximate surface area is 197 Å². The van der Waals surface area contributed by atoms with Gasteiger partial charge in [0.05, 0.1) is 5.52 Å². The lowest BCUT2D eigenvalue weighted by Gasteiger charge is -2.28. The first-order chi connectivity index (χ1) is 16.0. The molecule has 7 nitrogen and oxygen atoms in total. The molecular weight excluding hydrogens is 436 g/mol. The van der Waals surface area contributed by atoms with Crippen molar-refractivity contribution in [3.63, 3.8) is 0 Å². The van der Waals surface area contributed by atoms with E-state index in [1.165, 1.54) is 25.7 Å². The molecule has 180 valence electrons. The molecule has 2 aromatic rings. The van der Waals surface area contributed by atoms with Gasteiger partial charge in [0.1, 0.15) is 4.90 Å². The number of fused-ring (bicyclic) bond motifs is 1. The fraction of sp³-hybridized carbons (Fsp3) is 0.600. The molecule has 33 heavy (non-hydrogen) atoms. The predicted octanol–water partition coefficient (Wildman–Crippen LogP) is 3.31. The smallest absolute Gasteiger partial charge is 0.242 e. The third-order valence-corrected chi connectivity index (χ3v) is 8.55. The minimum absolute atomic E-state index is 0.0456. The predicted molar refractivity (Wildman–Crippen MR) is 130 cm³/mol. The number of likely N-dealkylation sites (tertiary alicyclic amines) is 1. The maximum atomic E-state index is 12.9. The fourth-order valence-electron chi connectivity index (χ4n) is 5.07. The molecule has 1 saturated heterocycles. The highest BCUT2D eigenvalue weighted by Crippen LogP contribution is 2.29. The van der Waals surface area contributed by atoms with Crippen LogP contribution in [0.5, 0.6) is 0 Å². The van der Waals surface area contributed by atoms with Gasteiger partial charge < -0.3 is 10.2 Å². The largest absolute Gasteiger partial charge is 0.355 e. The molecule has 8 heteroatoms. The Balaban J connectivity index is 1.21. The normalized spacial score (nSPS) is 22.7. The molecule has 0 spiro atoms. The molecule has 4 rings (SSSR count). The number of nitrogens with zero attached hydrogens (tertiary/aromatic N) is 2. The Morgan fingerprint density at radius 2 is 1.73 bits per heavy atom. The molecule has 1 aromatic carbocycles. The first-order valence-corrected chi connectivity index (χ1v) is 13.8. The number of aromatic nitrogens is 1. The van der Waals surface area contributed by atoms with E-state index in [-0.39, 0.29) is 22.6 Å². The zero-order chi connectivity index (χ0) is 23.1. The Bertz CT molecular complexity index is 1020. The fourth-order valence-corrected chi connectivity index (χ4v) is 6.36. The number of carbonyl (C=O) groups is 1. The van der Waals surface area contributed by atoms with Crippen LogP contribution in [0.3, 0.4) is 0 Å². The van der Waals surface area contributed by atoms with Crippen LogP contribution in [0.1, 0.15) is 51.4 Å². The molecular formula is C25H36N4O3S. The Hall–Kier alpha value is -2.03. The number of rotatable bonds is 8. The molecule has 2 N–H and O–H groups in total. The topological polar surface area (TPSA) is 91.4 Å². The minimum atomic E-state index is -3.64. The number of pyridine rings is 1. The Kier molecular flexibility index (Phi) is 8.33. The Morgan fingerprint density at radius 3 is 2.48 bits per heavy atom. The summed E-state index contributed by atoms with van der Waals surface area (Å²) in [6.45, 7) is 4.34. The van der Waals surface area contributed by atoms with E-state index >= 15 is 0 Å². The van der Waals surface area contributed by atoms with Gasteiger partial charge in [0.25, 0.3) is 0 Å². The van der Waals surface area contributed by atoms with Gasteiger partial charge in [-0.3, -0.25) is 9.78 Å². The maximum absolute atomic E-state index is 12.9. The van der Waals surface area contributed by atoms with Crippen molar-refractivity contribution in [2.24, 2.45) is 11.8 Å². The maximum Gasteiger partial charge on any atom is 0.242 e. The number of hydrogen-bond donors (Lipinski definition) is 2. The van der Waals surface area contributed by atoms with Gasteiger partial charge in [0.15, 0.2) is 0 Å². The molecule has 0 bridgehead atoms. The molecule has 1 aliphatic carbocycles. The van der Waals surface area contributed by atoms with Crippen LogP contribution >= 0.6 is 0 Å². The number of amides is 1. The summed E-state index contributed by atoms with van der Waals surface area (Å²) in [4.78, 5) is 19.5. The monoisotopic (exact) mass is 472 g/mol. The van der Waals surface area contributed by atoms with Gasteiger partial charge >= 0.3 is 0 Å². The summed E-state index contributed by atoms with van der Waals surface area (Å²) < 4.78 is 28.6. The van der Waals surface area contributed by atoms with Crippen LogP contribution in [0, 0.1) is 11.8 Å². The quantitative estimate of drug-likeness (QED) is 0.615. The second-order valence-electron chi connectivity index (χ2n) is 9.45. The van der Waals surface area contributed by atoms with E-state index in [2.05, 4.69) is 19.9 Å². The molecule has 1 aromatic heterocycles. The van der Waals surface area contributed by atoms with Gasteiger partial charge in [-0.05, 0) is 69.7 Å². The van der Waals surface area contributed by atoms with Crippen molar-refractivity contribution in [3.05, 3.63) is 36.5 Å². The SMILES string of the molecule is O=C(NCCN1CCCCCC1)C1CCC(CNS(=O)(=O)c2cccc3cccnc23)CC1. The molecule has 1 saturated carbocycles. The van der Waals surface area contributed by atoms with Crippen molar-refractivity contribution in [1.29, 1.82) is 0 Å². The van der Waals surface area contributed by atoms with Crippen molar-refractivity contribution in [3.8, 4) is 0 Å². The summed E-state index contributed by atoms with van der Waals surface area (Å²) in [5.41, 5.74) is 0.494. The third kappa shape index (κ3) is 6.52. The summed E-state index contributed by atoms with van der Waals surface area (Å²) in [7, 11) is -3.64. The number of benzene rings is 1. The second kappa shape index (κ2) is 11.4. The van der Waals surface area contributed by atoms with E-state index in [0.29, 0.717) is 12.1 Å². The van der Waals surface area contributed by atoms with E-state index in [9.17, 15) is 13.2 Å². The van der Waals surface area contributed by atoms with Crippen molar-refractivity contribution >= 4 is 26.8 Å². The summed E-state index contributed by atoms with van der Waals surface area (Å²) >= 11 is 0. The van der Waals surface area contributed by atoms with Crippen LogP contribution in [0.2, 0.25) is 0 Å². The van der Waals surface area contributed by atoms with Crippen LogP contribution in [-0.2, 0) is 14.8 Å². The molecule has 0 radical (unpaired) electrons. The van der Waals surface area contributed by atoms with Crippen LogP contribution < -0.4 is 10.0 Å². The third-order valence-electron chi connectivity index (χ3n) is 7.09. The molecule has 1 amide bonds. The van der Waals surface area contributed by atoms with Gasteiger partial charge in [-0.1, -0.05) is 31.0 Å². The van der Waals surface area contributed by atoms with Gasteiger partial charge in [-0.2, -0.15) is 0 Å². The second-order valence-corrected chi connectivity index (χ2v) is 11.2. The highest BCUT2D eigenvalue weighted by atomic mass is 32.2. The molecule has 2 fully saturated rings. The van der Waals surface area contributed by atoms with Crippen molar-refractivity contribution in [2.75, 3.05) is 32.7 Å². The van der Waals surface area contributed by atoms with Crippen LogP contribution in [0.4, 0.5) is 0 Å². The molecule has 0 unspecified atom stereocenters. The lowest BCUT2D eigenvalue weighted by atomic mass is 9.81. The number of sulfonamides is 1. The van der Waals surface area contributed by atoms with Gasteiger partial charge in [0, 0.05) is 37.1 Å². The van der Waals surface area contributed by atoms with Crippen LogP contribution in [-0.4, -0.2) is 56.9 Å². The van der Waals surface area contributed by atoms with E-state index < -0.39 is 10.0 Å². The number of carbonyl (C=O) groups excluding carboxylic acids is 1. The summed E-state index contributed by atoms with van der Waals surface area (Å²) in [6.07, 6.45) is 10.1. The summed E-state index contributed by atoms with van der Waals surface area (Å²) in [5, 5.41) is 3.94.